The molecule has 2 aliphatic rings. The molecule has 27 heavy (non-hydrogen) atoms. The average molecular weight is 365 g/mol. The highest BCUT2D eigenvalue weighted by atomic mass is 16.2. The second kappa shape index (κ2) is 7.55. The van der Waals surface area contributed by atoms with E-state index in [0.29, 0.717) is 13.1 Å². The Balaban J connectivity index is 1.44. The molecule has 0 aliphatic carbocycles. The number of nitrogens with zero attached hydrogens (tertiary/aromatic N) is 5. The Labute approximate surface area is 160 Å². The van der Waals surface area contributed by atoms with E-state index in [1.165, 1.54) is 12.8 Å². The van der Waals surface area contributed by atoms with Crippen LogP contribution in [0.4, 0.5) is 11.8 Å². The summed E-state index contributed by atoms with van der Waals surface area (Å²) in [6.07, 6.45) is 2.47. The molecule has 0 bridgehead atoms. The molecule has 6 nitrogen and oxygen atoms in total. The fourth-order valence-electron chi connectivity index (χ4n) is 3.86. The van der Waals surface area contributed by atoms with Gasteiger partial charge in [-0.05, 0) is 38.8 Å². The topological polar surface area (TPSA) is 52.6 Å². The van der Waals surface area contributed by atoms with Crippen molar-refractivity contribution in [3.63, 3.8) is 0 Å². The fraction of sp³-hybridized carbons (Fsp3) is 0.476. The van der Waals surface area contributed by atoms with Gasteiger partial charge in [0.2, 0.25) is 5.95 Å². The van der Waals surface area contributed by atoms with E-state index in [0.717, 1.165) is 54.8 Å². The van der Waals surface area contributed by atoms with E-state index in [2.05, 4.69) is 20.9 Å². The summed E-state index contributed by atoms with van der Waals surface area (Å²) in [5.74, 6) is 1.94. The van der Waals surface area contributed by atoms with Gasteiger partial charge in [0.25, 0.3) is 5.91 Å². The van der Waals surface area contributed by atoms with Crippen molar-refractivity contribution in [1.82, 2.24) is 14.9 Å². The molecule has 4 rings (SSSR count). The lowest BCUT2D eigenvalue weighted by atomic mass is 10.1. The van der Waals surface area contributed by atoms with Crippen LogP contribution in [0.2, 0.25) is 0 Å². The van der Waals surface area contributed by atoms with Crippen LogP contribution in [0.15, 0.2) is 30.3 Å². The van der Waals surface area contributed by atoms with Crippen LogP contribution in [-0.4, -0.2) is 60.0 Å². The van der Waals surface area contributed by atoms with E-state index in [-0.39, 0.29) is 5.91 Å². The van der Waals surface area contributed by atoms with Gasteiger partial charge in [0, 0.05) is 56.6 Å². The maximum atomic E-state index is 12.7. The molecule has 1 aromatic carbocycles. The molecule has 1 aromatic heterocycles. The van der Waals surface area contributed by atoms with E-state index >= 15 is 0 Å². The minimum absolute atomic E-state index is 0.112. The normalized spacial score (nSPS) is 17.5. The van der Waals surface area contributed by atoms with E-state index in [1.807, 2.05) is 43.0 Å². The Bertz CT molecular complexity index is 823. The maximum Gasteiger partial charge on any atom is 0.253 e. The number of piperazine rings is 1. The monoisotopic (exact) mass is 365 g/mol. The van der Waals surface area contributed by atoms with E-state index in [9.17, 15) is 4.79 Å². The lowest BCUT2D eigenvalue weighted by Crippen LogP contribution is -2.49. The van der Waals surface area contributed by atoms with Crippen LogP contribution >= 0.6 is 0 Å². The molecule has 0 unspecified atom stereocenters. The SMILES string of the molecule is Cc1cccc(C(=O)N2CCN(c3nc(C)cc(N4CCCC4)n3)CC2)c1. The molecule has 0 saturated carbocycles. The Hall–Kier alpha value is -2.63. The highest BCUT2D eigenvalue weighted by molar-refractivity contribution is 5.94. The first kappa shape index (κ1) is 17.8. The van der Waals surface area contributed by atoms with Gasteiger partial charge in [0.1, 0.15) is 5.82 Å². The lowest BCUT2D eigenvalue weighted by Gasteiger charge is -2.35. The third kappa shape index (κ3) is 3.89. The Kier molecular flexibility index (Phi) is 4.97. The molecular formula is C21H27N5O. The van der Waals surface area contributed by atoms with Crippen LogP contribution in [0.5, 0.6) is 0 Å². The number of carbonyl (C=O) groups excluding carboxylic acids is 1. The van der Waals surface area contributed by atoms with Crippen LogP contribution in [0.25, 0.3) is 0 Å². The van der Waals surface area contributed by atoms with Crippen LogP contribution in [-0.2, 0) is 0 Å². The smallest absolute Gasteiger partial charge is 0.253 e. The number of carbonyl (C=O) groups is 1. The van der Waals surface area contributed by atoms with Gasteiger partial charge in [-0.25, -0.2) is 4.98 Å². The standard InChI is InChI=1S/C21H27N5O/c1-16-6-5-7-18(14-16)20(27)25-10-12-26(13-11-25)21-22-17(2)15-19(23-21)24-8-3-4-9-24/h5-7,14-15H,3-4,8-13H2,1-2H3. The molecule has 3 heterocycles. The van der Waals surface area contributed by atoms with Crippen molar-refractivity contribution in [3.8, 4) is 0 Å². The summed E-state index contributed by atoms with van der Waals surface area (Å²) >= 11 is 0. The second-order valence-electron chi connectivity index (χ2n) is 7.51. The molecule has 0 atom stereocenters. The Morgan fingerprint density at radius 3 is 2.33 bits per heavy atom. The predicted molar refractivity (Wildman–Crippen MR) is 108 cm³/mol. The highest BCUT2D eigenvalue weighted by Gasteiger charge is 2.24. The first-order chi connectivity index (χ1) is 13.1. The third-order valence-corrected chi connectivity index (χ3v) is 5.37. The van der Waals surface area contributed by atoms with Crippen molar-refractivity contribution < 1.29 is 4.79 Å². The molecular weight excluding hydrogens is 338 g/mol. The Morgan fingerprint density at radius 1 is 0.889 bits per heavy atom. The molecule has 2 aliphatic heterocycles. The summed E-state index contributed by atoms with van der Waals surface area (Å²) in [5.41, 5.74) is 2.88. The number of amides is 1. The number of rotatable bonds is 3. The summed E-state index contributed by atoms with van der Waals surface area (Å²) in [6.45, 7) is 9.13. The first-order valence-corrected chi connectivity index (χ1v) is 9.82. The third-order valence-electron chi connectivity index (χ3n) is 5.37. The number of aromatic nitrogens is 2. The van der Waals surface area contributed by atoms with Crippen LogP contribution in [0.1, 0.15) is 34.5 Å². The van der Waals surface area contributed by atoms with Crippen LogP contribution in [0, 0.1) is 13.8 Å². The van der Waals surface area contributed by atoms with Crippen molar-refractivity contribution in [1.29, 1.82) is 0 Å². The minimum Gasteiger partial charge on any atom is -0.356 e. The summed E-state index contributed by atoms with van der Waals surface area (Å²) in [5, 5.41) is 0. The van der Waals surface area contributed by atoms with Crippen LogP contribution < -0.4 is 9.80 Å². The number of aryl methyl sites for hydroxylation is 2. The summed E-state index contributed by atoms with van der Waals surface area (Å²) in [4.78, 5) is 28.7. The number of hydrogen-bond donors (Lipinski definition) is 0. The molecule has 0 N–H and O–H groups in total. The molecule has 2 saturated heterocycles. The van der Waals surface area contributed by atoms with E-state index < -0.39 is 0 Å². The van der Waals surface area contributed by atoms with Gasteiger partial charge >= 0.3 is 0 Å². The van der Waals surface area contributed by atoms with Gasteiger partial charge in [-0.3, -0.25) is 4.79 Å². The van der Waals surface area contributed by atoms with Crippen molar-refractivity contribution in [3.05, 3.63) is 47.2 Å². The van der Waals surface area contributed by atoms with Gasteiger partial charge in [-0.1, -0.05) is 17.7 Å². The quantitative estimate of drug-likeness (QED) is 0.837. The maximum absolute atomic E-state index is 12.7. The van der Waals surface area contributed by atoms with Gasteiger partial charge in [0.05, 0.1) is 0 Å². The van der Waals surface area contributed by atoms with Gasteiger partial charge < -0.3 is 14.7 Å². The number of anilines is 2. The molecule has 2 aromatic rings. The van der Waals surface area contributed by atoms with Gasteiger partial charge in [-0.15, -0.1) is 0 Å². The minimum atomic E-state index is 0.112. The van der Waals surface area contributed by atoms with Crippen molar-refractivity contribution in [2.24, 2.45) is 0 Å². The van der Waals surface area contributed by atoms with Crippen molar-refractivity contribution >= 4 is 17.7 Å². The Morgan fingerprint density at radius 2 is 1.63 bits per heavy atom. The lowest BCUT2D eigenvalue weighted by molar-refractivity contribution is 0.0746. The van der Waals surface area contributed by atoms with Gasteiger partial charge in [0.15, 0.2) is 0 Å². The molecule has 0 radical (unpaired) electrons. The molecule has 0 spiro atoms. The summed E-state index contributed by atoms with van der Waals surface area (Å²) in [6, 6.07) is 9.89. The number of hydrogen-bond acceptors (Lipinski definition) is 5. The highest BCUT2D eigenvalue weighted by Crippen LogP contribution is 2.22. The van der Waals surface area contributed by atoms with Gasteiger partial charge in [-0.2, -0.15) is 4.98 Å². The van der Waals surface area contributed by atoms with E-state index in [4.69, 9.17) is 4.98 Å². The second-order valence-corrected chi connectivity index (χ2v) is 7.51. The van der Waals surface area contributed by atoms with Crippen molar-refractivity contribution in [2.75, 3.05) is 49.1 Å². The molecule has 2 fully saturated rings. The zero-order valence-corrected chi connectivity index (χ0v) is 16.2. The van der Waals surface area contributed by atoms with E-state index in [1.54, 1.807) is 0 Å². The summed E-state index contributed by atoms with van der Waals surface area (Å²) in [7, 11) is 0. The first-order valence-electron chi connectivity index (χ1n) is 9.82. The number of benzene rings is 1. The largest absolute Gasteiger partial charge is 0.356 e. The van der Waals surface area contributed by atoms with Crippen molar-refractivity contribution in [2.45, 2.75) is 26.7 Å². The molecule has 1 amide bonds. The fourth-order valence-corrected chi connectivity index (χ4v) is 3.86. The zero-order valence-electron chi connectivity index (χ0n) is 16.2. The average Bonchev–Trinajstić information content (AvgIpc) is 3.22. The molecule has 6 heteroatoms. The predicted octanol–water partition coefficient (Wildman–Crippen LogP) is 2.66. The molecule has 142 valence electrons. The summed E-state index contributed by atoms with van der Waals surface area (Å²) < 4.78 is 0. The zero-order chi connectivity index (χ0) is 18.8. The van der Waals surface area contributed by atoms with Crippen LogP contribution in [0.3, 0.4) is 0 Å².